The van der Waals surface area contributed by atoms with Crippen LogP contribution in [0.25, 0.3) is 0 Å². The summed E-state index contributed by atoms with van der Waals surface area (Å²) in [7, 11) is 1.57. The van der Waals surface area contributed by atoms with E-state index >= 15 is 0 Å². The number of nitrogens with one attached hydrogen (secondary N) is 1. The van der Waals surface area contributed by atoms with Gasteiger partial charge in [0.1, 0.15) is 0 Å². The first-order chi connectivity index (χ1) is 9.88. The molecule has 0 aliphatic carbocycles. The van der Waals surface area contributed by atoms with E-state index in [-0.39, 0.29) is 22.5 Å². The molecule has 21 heavy (non-hydrogen) atoms. The third kappa shape index (κ3) is 3.34. The standard InChI is InChI=1S/C13H10BrN3O4/c1-16-5-4-8(6-12(16)18)13(19)15-9-2-3-10(14)11(7-9)17(20)21/h2-7H,1H3,(H,15,19). The maximum atomic E-state index is 12.0. The van der Waals surface area contributed by atoms with Crippen LogP contribution in [0.2, 0.25) is 0 Å². The SMILES string of the molecule is Cn1ccc(C(=O)Nc2ccc(Br)c([N+](=O)[O-])c2)cc1=O. The Hall–Kier alpha value is -2.48. The van der Waals surface area contributed by atoms with Crippen LogP contribution in [0.1, 0.15) is 10.4 Å². The molecule has 108 valence electrons. The summed E-state index contributed by atoms with van der Waals surface area (Å²) < 4.78 is 1.65. The molecule has 0 bridgehead atoms. The number of benzene rings is 1. The number of aryl methyl sites for hydroxylation is 1. The van der Waals surface area contributed by atoms with Gasteiger partial charge in [0.25, 0.3) is 17.2 Å². The molecule has 8 heteroatoms. The second kappa shape index (κ2) is 5.88. The summed E-state index contributed by atoms with van der Waals surface area (Å²) in [6.45, 7) is 0. The fourth-order valence-corrected chi connectivity index (χ4v) is 2.01. The van der Waals surface area contributed by atoms with Crippen molar-refractivity contribution >= 4 is 33.2 Å². The van der Waals surface area contributed by atoms with Crippen LogP contribution in [0.4, 0.5) is 11.4 Å². The maximum Gasteiger partial charge on any atom is 0.285 e. The number of hydrogen-bond acceptors (Lipinski definition) is 4. The van der Waals surface area contributed by atoms with Crippen molar-refractivity contribution < 1.29 is 9.72 Å². The Labute approximate surface area is 127 Å². The Morgan fingerprint density at radius 1 is 1.33 bits per heavy atom. The fourth-order valence-electron chi connectivity index (χ4n) is 1.62. The molecule has 0 saturated heterocycles. The number of anilines is 1. The lowest BCUT2D eigenvalue weighted by molar-refractivity contribution is -0.385. The fraction of sp³-hybridized carbons (Fsp3) is 0.0769. The van der Waals surface area contributed by atoms with Gasteiger partial charge < -0.3 is 9.88 Å². The highest BCUT2D eigenvalue weighted by atomic mass is 79.9. The zero-order valence-electron chi connectivity index (χ0n) is 10.9. The highest BCUT2D eigenvalue weighted by Gasteiger charge is 2.14. The zero-order valence-corrected chi connectivity index (χ0v) is 12.5. The van der Waals surface area contributed by atoms with Crippen molar-refractivity contribution in [2.75, 3.05) is 5.32 Å². The molecule has 0 saturated carbocycles. The van der Waals surface area contributed by atoms with Crippen molar-refractivity contribution in [3.63, 3.8) is 0 Å². The molecule has 1 amide bonds. The quantitative estimate of drug-likeness (QED) is 0.677. The van der Waals surface area contributed by atoms with Gasteiger partial charge in [-0.25, -0.2) is 0 Å². The zero-order chi connectivity index (χ0) is 15.6. The average Bonchev–Trinajstić information content (AvgIpc) is 2.43. The molecule has 1 aromatic carbocycles. The van der Waals surface area contributed by atoms with Gasteiger partial charge in [0.2, 0.25) is 0 Å². The van der Waals surface area contributed by atoms with Gasteiger partial charge in [-0.05, 0) is 34.1 Å². The summed E-state index contributed by atoms with van der Waals surface area (Å²) in [4.78, 5) is 33.7. The van der Waals surface area contributed by atoms with E-state index < -0.39 is 10.8 Å². The second-order valence-electron chi connectivity index (χ2n) is 4.24. The first-order valence-electron chi connectivity index (χ1n) is 5.80. The Bertz CT molecular complexity index is 785. The molecule has 2 aromatic rings. The molecule has 0 aliphatic rings. The van der Waals surface area contributed by atoms with Crippen LogP contribution in [-0.2, 0) is 7.05 Å². The van der Waals surface area contributed by atoms with E-state index in [2.05, 4.69) is 21.2 Å². The lowest BCUT2D eigenvalue weighted by atomic mass is 10.2. The molecule has 1 aromatic heterocycles. The predicted octanol–water partition coefficient (Wildman–Crippen LogP) is 2.31. The third-order valence-electron chi connectivity index (χ3n) is 2.77. The Morgan fingerprint density at radius 2 is 2.05 bits per heavy atom. The smallest absolute Gasteiger partial charge is 0.285 e. The number of amides is 1. The number of hydrogen-bond donors (Lipinski definition) is 1. The van der Waals surface area contributed by atoms with Gasteiger partial charge in [-0.1, -0.05) is 0 Å². The Morgan fingerprint density at radius 3 is 2.67 bits per heavy atom. The van der Waals surface area contributed by atoms with E-state index in [1.54, 1.807) is 7.05 Å². The number of nitro benzene ring substituents is 1. The predicted molar refractivity (Wildman–Crippen MR) is 80.4 cm³/mol. The van der Waals surface area contributed by atoms with Gasteiger partial charge in [-0.15, -0.1) is 0 Å². The molecule has 0 aliphatic heterocycles. The van der Waals surface area contributed by atoms with Gasteiger partial charge in [0.15, 0.2) is 0 Å². The van der Waals surface area contributed by atoms with Gasteiger partial charge in [-0.3, -0.25) is 19.7 Å². The number of carbonyl (C=O) groups is 1. The molecule has 1 N–H and O–H groups in total. The molecular weight excluding hydrogens is 342 g/mol. The van der Waals surface area contributed by atoms with Crippen molar-refractivity contribution in [3.8, 4) is 0 Å². The maximum absolute atomic E-state index is 12.0. The summed E-state index contributed by atoms with van der Waals surface area (Å²) >= 11 is 3.06. The van der Waals surface area contributed by atoms with Crippen LogP contribution in [0.5, 0.6) is 0 Å². The van der Waals surface area contributed by atoms with Crippen LogP contribution in [-0.4, -0.2) is 15.4 Å². The molecule has 1 heterocycles. The van der Waals surface area contributed by atoms with Crippen molar-refractivity contribution in [1.82, 2.24) is 4.57 Å². The lowest BCUT2D eigenvalue weighted by Crippen LogP contribution is -2.20. The first kappa shape index (κ1) is 14.9. The number of aromatic nitrogens is 1. The highest BCUT2D eigenvalue weighted by molar-refractivity contribution is 9.10. The summed E-state index contributed by atoms with van der Waals surface area (Å²) in [6.07, 6.45) is 1.47. The summed E-state index contributed by atoms with van der Waals surface area (Å²) in [6, 6.07) is 6.92. The Balaban J connectivity index is 2.27. The number of nitrogens with zero attached hydrogens (tertiary/aromatic N) is 2. The molecular formula is C13H10BrN3O4. The normalized spacial score (nSPS) is 10.2. The summed E-state index contributed by atoms with van der Waals surface area (Å²) in [5.74, 6) is -0.510. The van der Waals surface area contributed by atoms with E-state index in [0.29, 0.717) is 4.47 Å². The summed E-state index contributed by atoms with van der Waals surface area (Å²) in [5, 5.41) is 13.3. The average molecular weight is 352 g/mol. The molecule has 0 radical (unpaired) electrons. The largest absolute Gasteiger partial charge is 0.322 e. The molecule has 7 nitrogen and oxygen atoms in total. The third-order valence-corrected chi connectivity index (χ3v) is 3.44. The van der Waals surface area contributed by atoms with Crippen LogP contribution in [0.15, 0.2) is 45.8 Å². The molecule has 0 unspecified atom stereocenters. The van der Waals surface area contributed by atoms with E-state index in [4.69, 9.17) is 0 Å². The van der Waals surface area contributed by atoms with Gasteiger partial charge in [-0.2, -0.15) is 0 Å². The minimum Gasteiger partial charge on any atom is -0.322 e. The second-order valence-corrected chi connectivity index (χ2v) is 5.10. The van der Waals surface area contributed by atoms with E-state index in [9.17, 15) is 19.7 Å². The van der Waals surface area contributed by atoms with Crippen molar-refractivity contribution in [2.24, 2.45) is 7.05 Å². The minimum absolute atomic E-state index is 0.156. The van der Waals surface area contributed by atoms with E-state index in [1.807, 2.05) is 0 Å². The molecule has 0 atom stereocenters. The molecule has 0 spiro atoms. The highest BCUT2D eigenvalue weighted by Crippen LogP contribution is 2.27. The molecule has 0 fully saturated rings. The summed E-state index contributed by atoms with van der Waals surface area (Å²) in [5.41, 5.74) is -0.0135. The van der Waals surface area contributed by atoms with Gasteiger partial charge >= 0.3 is 0 Å². The van der Waals surface area contributed by atoms with Gasteiger partial charge in [0, 0.05) is 36.6 Å². The van der Waals surface area contributed by atoms with Crippen LogP contribution in [0, 0.1) is 10.1 Å². The van der Waals surface area contributed by atoms with Crippen molar-refractivity contribution in [3.05, 3.63) is 67.0 Å². The van der Waals surface area contributed by atoms with E-state index in [1.165, 1.54) is 41.1 Å². The van der Waals surface area contributed by atoms with E-state index in [0.717, 1.165) is 0 Å². The topological polar surface area (TPSA) is 94.2 Å². The van der Waals surface area contributed by atoms with Crippen LogP contribution in [0.3, 0.4) is 0 Å². The van der Waals surface area contributed by atoms with Crippen LogP contribution < -0.4 is 10.9 Å². The number of halogens is 1. The van der Waals surface area contributed by atoms with Crippen molar-refractivity contribution in [1.29, 1.82) is 0 Å². The number of carbonyl (C=O) groups excluding carboxylic acids is 1. The lowest BCUT2D eigenvalue weighted by Gasteiger charge is -2.06. The van der Waals surface area contributed by atoms with Crippen LogP contribution >= 0.6 is 15.9 Å². The number of pyridine rings is 1. The van der Waals surface area contributed by atoms with Gasteiger partial charge in [0.05, 0.1) is 9.40 Å². The Kier molecular flexibility index (Phi) is 4.18. The minimum atomic E-state index is -0.558. The van der Waals surface area contributed by atoms with Crippen molar-refractivity contribution in [2.45, 2.75) is 0 Å². The number of rotatable bonds is 3. The monoisotopic (exact) mass is 351 g/mol. The number of nitro groups is 1. The molecule has 2 rings (SSSR count). The first-order valence-corrected chi connectivity index (χ1v) is 6.60.